The van der Waals surface area contributed by atoms with E-state index in [0.29, 0.717) is 13.1 Å². The van der Waals surface area contributed by atoms with Gasteiger partial charge < -0.3 is 0 Å². The molecule has 0 bridgehead atoms. The summed E-state index contributed by atoms with van der Waals surface area (Å²) in [5.41, 5.74) is 0.920. The molecule has 7 heteroatoms. The van der Waals surface area contributed by atoms with E-state index in [1.165, 1.54) is 28.6 Å². The molecule has 1 aliphatic rings. The molecule has 1 saturated heterocycles. The molecule has 0 aliphatic carbocycles. The molecule has 112 valence electrons. The second-order valence-electron chi connectivity index (χ2n) is 5.14. The van der Waals surface area contributed by atoms with E-state index in [4.69, 9.17) is 0 Å². The van der Waals surface area contributed by atoms with E-state index in [1.54, 1.807) is 6.20 Å². The molecule has 1 N–H and O–H groups in total. The highest BCUT2D eigenvalue weighted by atomic mass is 32.2. The number of aromatic nitrogens is 2. The third-order valence-corrected chi connectivity index (χ3v) is 5.70. The number of benzene rings is 1. The number of H-pyrrole nitrogens is 1. The van der Waals surface area contributed by atoms with Gasteiger partial charge in [-0.25, -0.2) is 12.8 Å². The molecule has 0 spiro atoms. The predicted octanol–water partition coefficient (Wildman–Crippen LogP) is 2.12. The van der Waals surface area contributed by atoms with Crippen LogP contribution in [0.1, 0.15) is 24.5 Å². The van der Waals surface area contributed by atoms with Gasteiger partial charge in [-0.05, 0) is 31.0 Å². The minimum Gasteiger partial charge on any atom is -0.282 e. The van der Waals surface area contributed by atoms with Crippen molar-refractivity contribution in [2.45, 2.75) is 23.7 Å². The van der Waals surface area contributed by atoms with Crippen molar-refractivity contribution in [1.82, 2.24) is 14.5 Å². The first-order valence-corrected chi connectivity index (χ1v) is 8.27. The van der Waals surface area contributed by atoms with Gasteiger partial charge in [0, 0.05) is 30.9 Å². The second kappa shape index (κ2) is 5.57. The Kier molecular flexibility index (Phi) is 3.77. The fraction of sp³-hybridized carbons (Fsp3) is 0.357. The molecule has 0 radical (unpaired) electrons. The van der Waals surface area contributed by atoms with Crippen molar-refractivity contribution in [3.8, 4) is 0 Å². The molecule has 0 amide bonds. The maximum atomic E-state index is 13.8. The van der Waals surface area contributed by atoms with E-state index < -0.39 is 15.8 Å². The van der Waals surface area contributed by atoms with Crippen molar-refractivity contribution in [2.75, 3.05) is 13.1 Å². The van der Waals surface area contributed by atoms with Crippen LogP contribution in [0.4, 0.5) is 4.39 Å². The molecule has 1 aromatic heterocycles. The summed E-state index contributed by atoms with van der Waals surface area (Å²) >= 11 is 0. The maximum absolute atomic E-state index is 13.8. The minimum absolute atomic E-state index is 0.0720. The van der Waals surface area contributed by atoms with Crippen LogP contribution < -0.4 is 0 Å². The van der Waals surface area contributed by atoms with Crippen LogP contribution in [-0.4, -0.2) is 36.0 Å². The van der Waals surface area contributed by atoms with Crippen LogP contribution in [0.2, 0.25) is 0 Å². The number of piperidine rings is 1. The zero-order valence-electron chi connectivity index (χ0n) is 11.4. The number of rotatable bonds is 3. The topological polar surface area (TPSA) is 66.1 Å². The standard InChI is InChI=1S/C14H16FN3O2S/c15-12-5-1-2-6-14(12)21(19,20)18-9-3-4-11(10-18)13-7-8-16-17-13/h1-2,5-8,11H,3-4,9-10H2,(H,16,17)/t11-/m1/s1. The molecular weight excluding hydrogens is 293 g/mol. The molecular formula is C14H16FN3O2S. The van der Waals surface area contributed by atoms with Crippen LogP contribution in [0, 0.1) is 5.82 Å². The van der Waals surface area contributed by atoms with E-state index in [-0.39, 0.29) is 10.8 Å². The van der Waals surface area contributed by atoms with Gasteiger partial charge >= 0.3 is 0 Å². The number of halogens is 1. The fourth-order valence-corrected chi connectivity index (χ4v) is 4.29. The Morgan fingerprint density at radius 1 is 1.29 bits per heavy atom. The monoisotopic (exact) mass is 309 g/mol. The van der Waals surface area contributed by atoms with Gasteiger partial charge in [0.1, 0.15) is 10.7 Å². The van der Waals surface area contributed by atoms with Crippen molar-refractivity contribution in [1.29, 1.82) is 0 Å². The van der Waals surface area contributed by atoms with Crippen LogP contribution in [0.25, 0.3) is 0 Å². The largest absolute Gasteiger partial charge is 0.282 e. The summed E-state index contributed by atoms with van der Waals surface area (Å²) < 4.78 is 40.3. The summed E-state index contributed by atoms with van der Waals surface area (Å²) in [6, 6.07) is 7.35. The van der Waals surface area contributed by atoms with Crippen molar-refractivity contribution in [3.05, 3.63) is 48.0 Å². The van der Waals surface area contributed by atoms with Crippen molar-refractivity contribution in [3.63, 3.8) is 0 Å². The predicted molar refractivity (Wildman–Crippen MR) is 75.7 cm³/mol. The molecule has 1 aliphatic heterocycles. The van der Waals surface area contributed by atoms with Gasteiger partial charge in [-0.15, -0.1) is 0 Å². The lowest BCUT2D eigenvalue weighted by Crippen LogP contribution is -2.39. The summed E-state index contributed by atoms with van der Waals surface area (Å²) in [4.78, 5) is -0.254. The molecule has 5 nitrogen and oxygen atoms in total. The maximum Gasteiger partial charge on any atom is 0.246 e. The number of nitrogens with zero attached hydrogens (tertiary/aromatic N) is 2. The molecule has 21 heavy (non-hydrogen) atoms. The number of nitrogens with one attached hydrogen (secondary N) is 1. The van der Waals surface area contributed by atoms with Crippen LogP contribution in [0.5, 0.6) is 0 Å². The van der Waals surface area contributed by atoms with E-state index in [0.717, 1.165) is 18.5 Å². The first-order valence-electron chi connectivity index (χ1n) is 6.83. The summed E-state index contributed by atoms with van der Waals surface area (Å²) in [6.45, 7) is 0.764. The number of sulfonamides is 1. The Balaban J connectivity index is 1.88. The molecule has 1 fully saturated rings. The third-order valence-electron chi connectivity index (χ3n) is 3.80. The zero-order valence-corrected chi connectivity index (χ0v) is 12.2. The first-order chi connectivity index (χ1) is 10.1. The van der Waals surface area contributed by atoms with Gasteiger partial charge in [-0.1, -0.05) is 12.1 Å². The lowest BCUT2D eigenvalue weighted by atomic mass is 9.96. The minimum atomic E-state index is -3.79. The molecule has 2 aromatic rings. The molecule has 0 saturated carbocycles. The highest BCUT2D eigenvalue weighted by Gasteiger charge is 2.32. The van der Waals surface area contributed by atoms with Gasteiger partial charge in [0.05, 0.1) is 0 Å². The van der Waals surface area contributed by atoms with E-state index >= 15 is 0 Å². The summed E-state index contributed by atoms with van der Waals surface area (Å²) in [7, 11) is -3.79. The third kappa shape index (κ3) is 2.71. The lowest BCUT2D eigenvalue weighted by molar-refractivity contribution is 0.311. The Morgan fingerprint density at radius 3 is 2.81 bits per heavy atom. The van der Waals surface area contributed by atoms with E-state index in [1.807, 2.05) is 6.07 Å². The number of hydrogen-bond acceptors (Lipinski definition) is 3. The quantitative estimate of drug-likeness (QED) is 0.944. The van der Waals surface area contributed by atoms with Gasteiger partial charge in [0.2, 0.25) is 10.0 Å². The Bertz CT molecular complexity index is 716. The molecule has 1 aromatic carbocycles. The second-order valence-corrected chi connectivity index (χ2v) is 7.05. The first kappa shape index (κ1) is 14.2. The highest BCUT2D eigenvalue weighted by molar-refractivity contribution is 7.89. The summed E-state index contributed by atoms with van der Waals surface area (Å²) in [6.07, 6.45) is 3.29. The normalized spacial score (nSPS) is 20.5. The van der Waals surface area contributed by atoms with Crippen molar-refractivity contribution < 1.29 is 12.8 Å². The lowest BCUT2D eigenvalue weighted by Gasteiger charge is -2.31. The van der Waals surface area contributed by atoms with Crippen LogP contribution >= 0.6 is 0 Å². The SMILES string of the molecule is O=S(=O)(c1ccccc1F)N1CCC[C@@H](c2ccn[nH]2)C1. The molecule has 1 atom stereocenters. The number of aromatic amines is 1. The zero-order chi connectivity index (χ0) is 14.9. The fourth-order valence-electron chi connectivity index (χ4n) is 2.70. The van der Waals surface area contributed by atoms with E-state index in [2.05, 4.69) is 10.2 Å². The van der Waals surface area contributed by atoms with Crippen LogP contribution in [0.3, 0.4) is 0 Å². The Morgan fingerprint density at radius 2 is 2.10 bits per heavy atom. The van der Waals surface area contributed by atoms with Crippen LogP contribution in [-0.2, 0) is 10.0 Å². The van der Waals surface area contributed by atoms with Crippen molar-refractivity contribution in [2.24, 2.45) is 0 Å². The van der Waals surface area contributed by atoms with Crippen molar-refractivity contribution >= 4 is 10.0 Å². The summed E-state index contributed by atoms with van der Waals surface area (Å²) in [5, 5.41) is 6.79. The Hall–Kier alpha value is -1.73. The molecule has 0 unspecified atom stereocenters. The Labute approximate surface area is 122 Å². The van der Waals surface area contributed by atoms with E-state index in [9.17, 15) is 12.8 Å². The molecule has 3 rings (SSSR count). The van der Waals surface area contributed by atoms with Gasteiger partial charge in [-0.2, -0.15) is 9.40 Å². The average molecular weight is 309 g/mol. The summed E-state index contributed by atoms with van der Waals surface area (Å²) in [5.74, 6) is -0.635. The highest BCUT2D eigenvalue weighted by Crippen LogP contribution is 2.29. The van der Waals surface area contributed by atoms with Crippen LogP contribution in [0.15, 0.2) is 41.4 Å². The average Bonchev–Trinajstić information content (AvgIpc) is 3.02. The molecule has 2 heterocycles. The smallest absolute Gasteiger partial charge is 0.246 e. The van der Waals surface area contributed by atoms with Gasteiger partial charge in [0.15, 0.2) is 0 Å². The van der Waals surface area contributed by atoms with Gasteiger partial charge in [0.25, 0.3) is 0 Å². The number of hydrogen-bond donors (Lipinski definition) is 1. The van der Waals surface area contributed by atoms with Gasteiger partial charge in [-0.3, -0.25) is 5.10 Å².